The largest absolute Gasteiger partial charge is 0.497 e. The van der Waals surface area contributed by atoms with Crippen molar-refractivity contribution in [2.45, 2.75) is 23.8 Å². The number of thioether (sulfide) groups is 1. The first-order chi connectivity index (χ1) is 11.2. The second-order valence-corrected chi connectivity index (χ2v) is 6.11. The molecule has 0 radical (unpaired) electrons. The van der Waals surface area contributed by atoms with Crippen molar-refractivity contribution in [3.63, 3.8) is 0 Å². The third-order valence-electron chi connectivity index (χ3n) is 3.33. The lowest BCUT2D eigenvalue weighted by molar-refractivity contribution is -0.146. The molecular weight excluding hydrogens is 318 g/mol. The van der Waals surface area contributed by atoms with Gasteiger partial charge in [-0.25, -0.2) is 0 Å². The Kier molecular flexibility index (Phi) is 7.22. The predicted octanol–water partition coefficient (Wildman–Crippen LogP) is 1.63. The van der Waals surface area contributed by atoms with Gasteiger partial charge in [-0.3, -0.25) is 9.59 Å². The highest BCUT2D eigenvalue weighted by molar-refractivity contribution is 8.00. The lowest BCUT2D eigenvalue weighted by atomic mass is 10.2. The van der Waals surface area contributed by atoms with E-state index in [-0.39, 0.29) is 24.4 Å². The smallest absolute Gasteiger partial charge is 0.316 e. The maximum Gasteiger partial charge on any atom is 0.316 e. The van der Waals surface area contributed by atoms with E-state index < -0.39 is 5.97 Å². The van der Waals surface area contributed by atoms with Crippen LogP contribution in [0, 0.1) is 0 Å². The minimum atomic E-state index is -0.418. The number of benzene rings is 1. The number of methoxy groups -OCH3 is 1. The number of nitrogens with one attached hydrogen (secondary N) is 1. The molecule has 2 rings (SSSR count). The standard InChI is InChI=1S/C16H21NO5S/c1-20-12-4-6-14(7-5-12)23-11-16(19)22-10-15(18)17-9-13-3-2-8-21-13/h4-7,13H,2-3,8-11H2,1H3,(H,17,18)/t13-/m1/s1. The maximum absolute atomic E-state index is 11.6. The van der Waals surface area contributed by atoms with Crippen molar-refractivity contribution in [1.82, 2.24) is 5.32 Å². The Balaban J connectivity index is 1.59. The van der Waals surface area contributed by atoms with Crippen molar-refractivity contribution < 1.29 is 23.8 Å². The molecule has 1 atom stereocenters. The summed E-state index contributed by atoms with van der Waals surface area (Å²) in [5.74, 6) is 0.201. The van der Waals surface area contributed by atoms with Gasteiger partial charge in [0.15, 0.2) is 6.61 Å². The summed E-state index contributed by atoms with van der Waals surface area (Å²) < 4.78 is 15.4. The topological polar surface area (TPSA) is 73.9 Å². The highest BCUT2D eigenvalue weighted by Crippen LogP contribution is 2.21. The first-order valence-electron chi connectivity index (χ1n) is 7.48. The normalized spacial score (nSPS) is 16.8. The van der Waals surface area contributed by atoms with Crippen LogP contribution in [-0.4, -0.2) is 50.6 Å². The van der Waals surface area contributed by atoms with Gasteiger partial charge in [-0.15, -0.1) is 11.8 Å². The molecule has 0 aromatic heterocycles. The van der Waals surface area contributed by atoms with Crippen LogP contribution in [0.1, 0.15) is 12.8 Å². The molecule has 1 aromatic carbocycles. The van der Waals surface area contributed by atoms with Crippen molar-refractivity contribution in [3.05, 3.63) is 24.3 Å². The molecule has 0 saturated carbocycles. The highest BCUT2D eigenvalue weighted by Gasteiger charge is 2.16. The van der Waals surface area contributed by atoms with Gasteiger partial charge < -0.3 is 19.5 Å². The van der Waals surface area contributed by atoms with E-state index in [0.717, 1.165) is 30.1 Å². The summed E-state index contributed by atoms with van der Waals surface area (Å²) in [5.41, 5.74) is 0. The van der Waals surface area contributed by atoms with Gasteiger partial charge in [-0.1, -0.05) is 0 Å². The lowest BCUT2D eigenvalue weighted by Gasteiger charge is -2.11. The van der Waals surface area contributed by atoms with Crippen LogP contribution in [0.25, 0.3) is 0 Å². The van der Waals surface area contributed by atoms with E-state index in [1.54, 1.807) is 7.11 Å². The molecule has 1 aromatic rings. The first kappa shape index (κ1) is 17.6. The van der Waals surface area contributed by atoms with Crippen molar-refractivity contribution in [2.24, 2.45) is 0 Å². The number of ether oxygens (including phenoxy) is 3. The molecule has 1 fully saturated rings. The molecule has 1 amide bonds. The van der Waals surface area contributed by atoms with E-state index in [0.29, 0.717) is 6.54 Å². The average molecular weight is 339 g/mol. The Labute approximate surface area is 139 Å². The molecule has 126 valence electrons. The Morgan fingerprint density at radius 1 is 1.35 bits per heavy atom. The zero-order valence-corrected chi connectivity index (χ0v) is 13.9. The van der Waals surface area contributed by atoms with E-state index in [1.807, 2.05) is 24.3 Å². The van der Waals surface area contributed by atoms with Crippen molar-refractivity contribution in [3.8, 4) is 5.75 Å². The summed E-state index contributed by atoms with van der Waals surface area (Å²) in [6, 6.07) is 7.38. The van der Waals surface area contributed by atoms with E-state index in [2.05, 4.69) is 5.32 Å². The summed E-state index contributed by atoms with van der Waals surface area (Å²) in [6.07, 6.45) is 2.07. The maximum atomic E-state index is 11.6. The van der Waals surface area contributed by atoms with Crippen LogP contribution in [0.2, 0.25) is 0 Å². The Hall–Kier alpha value is -1.73. The number of hydrogen-bond donors (Lipinski definition) is 1. The molecule has 0 bridgehead atoms. The summed E-state index contributed by atoms with van der Waals surface area (Å²) in [4.78, 5) is 24.2. The second kappa shape index (κ2) is 9.42. The number of carbonyl (C=O) groups excluding carboxylic acids is 2. The zero-order chi connectivity index (χ0) is 16.5. The van der Waals surface area contributed by atoms with Crippen LogP contribution in [0.4, 0.5) is 0 Å². The summed E-state index contributed by atoms with van der Waals surface area (Å²) >= 11 is 1.35. The summed E-state index contributed by atoms with van der Waals surface area (Å²) in [6.45, 7) is 0.962. The Bertz CT molecular complexity index is 514. The van der Waals surface area contributed by atoms with Crippen LogP contribution in [0.15, 0.2) is 29.2 Å². The van der Waals surface area contributed by atoms with Gasteiger partial charge in [0.25, 0.3) is 5.91 Å². The third kappa shape index (κ3) is 6.50. The van der Waals surface area contributed by atoms with Crippen LogP contribution in [0.5, 0.6) is 5.75 Å². The minimum Gasteiger partial charge on any atom is -0.497 e. The molecular formula is C16H21NO5S. The molecule has 23 heavy (non-hydrogen) atoms. The van der Waals surface area contributed by atoms with Crippen LogP contribution >= 0.6 is 11.8 Å². The molecule has 0 aliphatic carbocycles. The number of hydrogen-bond acceptors (Lipinski definition) is 6. The number of esters is 1. The predicted molar refractivity (Wildman–Crippen MR) is 86.7 cm³/mol. The van der Waals surface area contributed by atoms with Gasteiger partial charge in [0.05, 0.1) is 19.0 Å². The molecule has 1 aliphatic heterocycles. The minimum absolute atomic E-state index is 0.0836. The van der Waals surface area contributed by atoms with Gasteiger partial charge in [-0.2, -0.15) is 0 Å². The second-order valence-electron chi connectivity index (χ2n) is 5.06. The summed E-state index contributed by atoms with van der Waals surface area (Å²) in [7, 11) is 1.60. The van der Waals surface area contributed by atoms with E-state index in [1.165, 1.54) is 11.8 Å². The first-order valence-corrected chi connectivity index (χ1v) is 8.46. The quantitative estimate of drug-likeness (QED) is 0.573. The highest BCUT2D eigenvalue weighted by atomic mass is 32.2. The SMILES string of the molecule is COc1ccc(SCC(=O)OCC(=O)NC[C@H]2CCCO2)cc1. The monoisotopic (exact) mass is 339 g/mol. The third-order valence-corrected chi connectivity index (χ3v) is 4.32. The van der Waals surface area contributed by atoms with Gasteiger partial charge in [0.1, 0.15) is 5.75 Å². The van der Waals surface area contributed by atoms with Crippen LogP contribution in [0.3, 0.4) is 0 Å². The summed E-state index contributed by atoms with van der Waals surface area (Å²) in [5, 5.41) is 2.70. The van der Waals surface area contributed by atoms with Gasteiger partial charge in [0, 0.05) is 18.0 Å². The average Bonchev–Trinajstić information content (AvgIpc) is 3.10. The fourth-order valence-electron chi connectivity index (χ4n) is 2.09. The Morgan fingerprint density at radius 3 is 2.78 bits per heavy atom. The molecule has 6 nitrogen and oxygen atoms in total. The van der Waals surface area contributed by atoms with E-state index in [9.17, 15) is 9.59 Å². The van der Waals surface area contributed by atoms with Gasteiger partial charge in [0.2, 0.25) is 0 Å². The Morgan fingerprint density at radius 2 is 2.13 bits per heavy atom. The fourth-order valence-corrected chi connectivity index (χ4v) is 2.78. The molecule has 7 heteroatoms. The van der Waals surface area contributed by atoms with Gasteiger partial charge in [-0.05, 0) is 37.1 Å². The van der Waals surface area contributed by atoms with Crippen LogP contribution in [-0.2, 0) is 19.1 Å². The number of amides is 1. The van der Waals surface area contributed by atoms with Gasteiger partial charge >= 0.3 is 5.97 Å². The molecule has 1 aliphatic rings. The fraction of sp³-hybridized carbons (Fsp3) is 0.500. The molecule has 0 unspecified atom stereocenters. The lowest BCUT2D eigenvalue weighted by Crippen LogP contribution is -2.35. The van der Waals surface area contributed by atoms with Crippen molar-refractivity contribution in [2.75, 3.05) is 32.6 Å². The van der Waals surface area contributed by atoms with E-state index in [4.69, 9.17) is 14.2 Å². The molecule has 1 heterocycles. The van der Waals surface area contributed by atoms with Crippen molar-refractivity contribution >= 4 is 23.6 Å². The number of rotatable bonds is 8. The molecule has 1 N–H and O–H groups in total. The molecule has 0 spiro atoms. The molecule has 1 saturated heterocycles. The number of carbonyl (C=O) groups is 2. The zero-order valence-electron chi connectivity index (χ0n) is 13.1. The van der Waals surface area contributed by atoms with Crippen LogP contribution < -0.4 is 10.1 Å². The van der Waals surface area contributed by atoms with Crippen molar-refractivity contribution in [1.29, 1.82) is 0 Å². The van der Waals surface area contributed by atoms with E-state index >= 15 is 0 Å².